The molecule has 2 heterocycles. The van der Waals surface area contributed by atoms with Crippen molar-refractivity contribution in [2.45, 2.75) is 31.8 Å². The summed E-state index contributed by atoms with van der Waals surface area (Å²) in [6.07, 6.45) is 8.09. The molecule has 3 rings (SSSR count). The Morgan fingerprint density at radius 1 is 1.40 bits per heavy atom. The van der Waals surface area contributed by atoms with Crippen LogP contribution in [-0.4, -0.2) is 37.5 Å². The first kappa shape index (κ1) is 10.7. The van der Waals surface area contributed by atoms with Crippen LogP contribution in [0.2, 0.25) is 0 Å². The molecule has 2 aliphatic heterocycles. The normalized spacial score (nSPS) is 34.7. The Bertz CT molecular complexity index is 262. The predicted octanol–water partition coefficient (Wildman–Crippen LogP) is 1.59. The molecule has 1 aliphatic carbocycles. The number of allylic oxidation sites excluding steroid dienone is 1. The summed E-state index contributed by atoms with van der Waals surface area (Å²) < 4.78 is 5.64. The first-order valence-electron chi connectivity index (χ1n) is 5.63. The fraction of sp³-hybridized carbons (Fsp3) is 0.750. The fourth-order valence-electron chi connectivity index (χ4n) is 2.44. The van der Waals surface area contributed by atoms with E-state index in [9.17, 15) is 4.79 Å². The molecule has 0 amide bonds. The molecule has 0 aromatic heterocycles. The lowest BCUT2D eigenvalue weighted by Crippen LogP contribution is -2.47. The minimum atomic E-state index is -0.193. The molecule has 84 valence electrons. The minimum absolute atomic E-state index is 0.193. The number of fused-ring (bicyclic) bond motifs is 3. The standard InChI is InChI=1S/C12H19NO2/c1-13(2)8-5-11(14)12-6-3-10(4-7-12)15-9-12/h5,8,10H,3-4,6-7,9H2,1-2H3/b8-5+. The second kappa shape index (κ2) is 3.97. The third-order valence-corrected chi connectivity index (χ3v) is 3.53. The highest BCUT2D eigenvalue weighted by Gasteiger charge is 2.45. The van der Waals surface area contributed by atoms with Gasteiger partial charge in [-0.1, -0.05) is 0 Å². The Morgan fingerprint density at radius 2 is 2.07 bits per heavy atom. The first-order chi connectivity index (χ1) is 7.12. The first-order valence-corrected chi connectivity index (χ1v) is 5.63. The SMILES string of the molecule is CN(C)/C=C/C(=O)C12CCC(CC1)OC2. The van der Waals surface area contributed by atoms with E-state index in [1.807, 2.05) is 25.2 Å². The molecule has 0 unspecified atom stereocenters. The lowest BCUT2D eigenvalue weighted by Gasteiger charge is -2.44. The van der Waals surface area contributed by atoms with Crippen molar-refractivity contribution in [1.29, 1.82) is 0 Å². The van der Waals surface area contributed by atoms with Gasteiger partial charge in [0.2, 0.25) is 0 Å². The van der Waals surface area contributed by atoms with E-state index in [0.29, 0.717) is 12.7 Å². The molecule has 0 aromatic rings. The van der Waals surface area contributed by atoms with E-state index in [2.05, 4.69) is 0 Å². The van der Waals surface area contributed by atoms with Gasteiger partial charge in [0.25, 0.3) is 0 Å². The number of nitrogens with zero attached hydrogens (tertiary/aromatic N) is 1. The topological polar surface area (TPSA) is 29.5 Å². The number of carbonyl (C=O) groups is 1. The van der Waals surface area contributed by atoms with Crippen molar-refractivity contribution < 1.29 is 9.53 Å². The molecule has 0 aromatic carbocycles. The van der Waals surface area contributed by atoms with Crippen molar-refractivity contribution in [3.63, 3.8) is 0 Å². The summed E-state index contributed by atoms with van der Waals surface area (Å²) in [5, 5.41) is 0. The van der Waals surface area contributed by atoms with Crippen molar-refractivity contribution in [2.75, 3.05) is 20.7 Å². The van der Waals surface area contributed by atoms with E-state index in [1.165, 1.54) is 0 Å². The van der Waals surface area contributed by atoms with Crippen LogP contribution in [-0.2, 0) is 9.53 Å². The average molecular weight is 209 g/mol. The summed E-state index contributed by atoms with van der Waals surface area (Å²) in [7, 11) is 3.85. The third kappa shape index (κ3) is 2.07. The smallest absolute Gasteiger partial charge is 0.165 e. The monoisotopic (exact) mass is 209 g/mol. The molecule has 3 fully saturated rings. The fourth-order valence-corrected chi connectivity index (χ4v) is 2.44. The molecule has 3 nitrogen and oxygen atoms in total. The maximum absolute atomic E-state index is 12.1. The van der Waals surface area contributed by atoms with Gasteiger partial charge in [-0.3, -0.25) is 4.79 Å². The zero-order valence-corrected chi connectivity index (χ0v) is 9.53. The Kier molecular flexibility index (Phi) is 2.83. The average Bonchev–Trinajstić information content (AvgIpc) is 2.28. The van der Waals surface area contributed by atoms with Crippen LogP contribution in [0.4, 0.5) is 0 Å². The van der Waals surface area contributed by atoms with Crippen molar-refractivity contribution in [3.8, 4) is 0 Å². The number of hydrogen-bond acceptors (Lipinski definition) is 3. The molecular formula is C12H19NO2. The zero-order valence-electron chi connectivity index (χ0n) is 9.53. The van der Waals surface area contributed by atoms with E-state index in [1.54, 1.807) is 6.08 Å². The van der Waals surface area contributed by atoms with E-state index in [0.717, 1.165) is 25.7 Å². The molecule has 3 aliphatic rings. The van der Waals surface area contributed by atoms with E-state index >= 15 is 0 Å². The summed E-state index contributed by atoms with van der Waals surface area (Å²) in [5.41, 5.74) is -0.193. The van der Waals surface area contributed by atoms with Crippen molar-refractivity contribution in [3.05, 3.63) is 12.3 Å². The summed E-state index contributed by atoms with van der Waals surface area (Å²) in [6, 6.07) is 0. The summed E-state index contributed by atoms with van der Waals surface area (Å²) in [6.45, 7) is 0.633. The summed E-state index contributed by atoms with van der Waals surface area (Å²) >= 11 is 0. The molecule has 1 saturated carbocycles. The van der Waals surface area contributed by atoms with Crippen molar-refractivity contribution in [2.24, 2.45) is 5.41 Å². The second-order valence-corrected chi connectivity index (χ2v) is 4.93. The third-order valence-electron chi connectivity index (χ3n) is 3.53. The van der Waals surface area contributed by atoms with Gasteiger partial charge in [0, 0.05) is 20.3 Å². The number of hydrogen-bond donors (Lipinski definition) is 0. The highest BCUT2D eigenvalue weighted by atomic mass is 16.5. The van der Waals surface area contributed by atoms with Gasteiger partial charge in [0.1, 0.15) is 0 Å². The van der Waals surface area contributed by atoms with Gasteiger partial charge in [-0.25, -0.2) is 0 Å². The maximum atomic E-state index is 12.1. The van der Waals surface area contributed by atoms with Crippen LogP contribution in [0.25, 0.3) is 0 Å². The van der Waals surface area contributed by atoms with Gasteiger partial charge in [-0.2, -0.15) is 0 Å². The number of rotatable bonds is 3. The second-order valence-electron chi connectivity index (χ2n) is 4.93. The number of ether oxygens (including phenoxy) is 1. The molecule has 15 heavy (non-hydrogen) atoms. The molecule has 0 N–H and O–H groups in total. The van der Waals surface area contributed by atoms with Crippen LogP contribution in [0, 0.1) is 5.41 Å². The largest absolute Gasteiger partial charge is 0.383 e. The van der Waals surface area contributed by atoms with Gasteiger partial charge in [0.15, 0.2) is 5.78 Å². The van der Waals surface area contributed by atoms with Gasteiger partial charge in [-0.15, -0.1) is 0 Å². The van der Waals surface area contributed by atoms with E-state index in [4.69, 9.17) is 4.74 Å². The van der Waals surface area contributed by atoms with Crippen LogP contribution in [0.3, 0.4) is 0 Å². The Labute approximate surface area is 91.1 Å². The van der Waals surface area contributed by atoms with Gasteiger partial charge >= 0.3 is 0 Å². The number of carbonyl (C=O) groups excluding carboxylic acids is 1. The molecule has 0 radical (unpaired) electrons. The van der Waals surface area contributed by atoms with Gasteiger partial charge < -0.3 is 9.64 Å². The van der Waals surface area contributed by atoms with Crippen LogP contribution < -0.4 is 0 Å². The summed E-state index contributed by atoms with van der Waals surface area (Å²) in [5.74, 6) is 0.245. The summed E-state index contributed by atoms with van der Waals surface area (Å²) in [4.78, 5) is 14.0. The molecular weight excluding hydrogens is 190 g/mol. The highest BCUT2D eigenvalue weighted by Crippen LogP contribution is 2.43. The highest BCUT2D eigenvalue weighted by molar-refractivity contribution is 5.95. The van der Waals surface area contributed by atoms with Crippen LogP contribution in [0.1, 0.15) is 25.7 Å². The zero-order chi connectivity index (χ0) is 10.9. The minimum Gasteiger partial charge on any atom is -0.383 e. The Morgan fingerprint density at radius 3 is 2.53 bits per heavy atom. The Balaban J connectivity index is 2.05. The molecule has 2 saturated heterocycles. The van der Waals surface area contributed by atoms with Crippen LogP contribution in [0.5, 0.6) is 0 Å². The number of ketones is 1. The quantitative estimate of drug-likeness (QED) is 0.661. The van der Waals surface area contributed by atoms with Gasteiger partial charge in [0.05, 0.1) is 18.1 Å². The molecule has 0 atom stereocenters. The van der Waals surface area contributed by atoms with Crippen LogP contribution >= 0.6 is 0 Å². The van der Waals surface area contributed by atoms with Crippen molar-refractivity contribution in [1.82, 2.24) is 4.90 Å². The predicted molar refractivity (Wildman–Crippen MR) is 58.5 cm³/mol. The van der Waals surface area contributed by atoms with Crippen molar-refractivity contribution >= 4 is 5.78 Å². The molecule has 2 bridgehead atoms. The van der Waals surface area contributed by atoms with Gasteiger partial charge in [-0.05, 0) is 31.8 Å². The maximum Gasteiger partial charge on any atom is 0.165 e. The lowest BCUT2D eigenvalue weighted by molar-refractivity contribution is -0.150. The molecule has 0 spiro atoms. The van der Waals surface area contributed by atoms with E-state index in [-0.39, 0.29) is 11.2 Å². The van der Waals surface area contributed by atoms with Crippen LogP contribution in [0.15, 0.2) is 12.3 Å². The molecule has 3 heteroatoms. The van der Waals surface area contributed by atoms with E-state index < -0.39 is 0 Å². The lowest BCUT2D eigenvalue weighted by atomic mass is 9.68. The Hall–Kier alpha value is -0.830.